The van der Waals surface area contributed by atoms with Gasteiger partial charge in [0.2, 0.25) is 11.8 Å². The molecule has 1 aromatic heterocycles. The maximum atomic E-state index is 13.7. The number of ether oxygens (including phenoxy) is 4. The Bertz CT molecular complexity index is 2100. The zero-order valence-electron chi connectivity index (χ0n) is 33.8. The molecule has 4 amide bonds. The lowest BCUT2D eigenvalue weighted by Gasteiger charge is -2.32. The number of hydrogen-bond acceptors (Lipinski definition) is 11. The van der Waals surface area contributed by atoms with E-state index in [1.807, 2.05) is 38.7 Å². The van der Waals surface area contributed by atoms with Gasteiger partial charge in [-0.3, -0.25) is 14.6 Å². The number of benzene rings is 2. The van der Waals surface area contributed by atoms with Crippen molar-refractivity contribution in [1.29, 1.82) is 0 Å². The molecule has 0 aliphatic carbocycles. The number of methoxy groups -OCH3 is 2. The SMILES string of the molecule is COC(=O)N[C@H](C(=O)N1CCC[C@H]1C1=NCC(c2cc3c4c(c2)OCc2cc(-c5cnc([C@@H]6CCCN6C(=O)[C@@H](NC(=O)OC)C(C)C)[nH]5)cc(c2-4)OC3)N1)C(C)C. The minimum Gasteiger partial charge on any atom is -0.488 e. The number of imidazole rings is 1. The van der Waals surface area contributed by atoms with Crippen LogP contribution in [0.5, 0.6) is 11.5 Å². The molecule has 16 heteroatoms. The Hall–Kier alpha value is -5.80. The largest absolute Gasteiger partial charge is 0.488 e. The van der Waals surface area contributed by atoms with Gasteiger partial charge in [-0.1, -0.05) is 27.7 Å². The van der Waals surface area contributed by atoms with Crippen LogP contribution < -0.4 is 25.4 Å². The Morgan fingerprint density at radius 3 is 1.97 bits per heavy atom. The Morgan fingerprint density at radius 2 is 1.36 bits per heavy atom. The topological polar surface area (TPSA) is 189 Å². The van der Waals surface area contributed by atoms with E-state index < -0.39 is 24.3 Å². The summed E-state index contributed by atoms with van der Waals surface area (Å²) in [5, 5.41) is 9.04. The van der Waals surface area contributed by atoms with Crippen LogP contribution in [-0.4, -0.2) is 102 Å². The van der Waals surface area contributed by atoms with Crippen molar-refractivity contribution in [2.24, 2.45) is 16.8 Å². The summed E-state index contributed by atoms with van der Waals surface area (Å²) in [5.74, 6) is 2.53. The molecule has 16 nitrogen and oxygen atoms in total. The zero-order chi connectivity index (χ0) is 40.8. The minimum atomic E-state index is -0.709. The summed E-state index contributed by atoms with van der Waals surface area (Å²) in [6.07, 6.45) is 3.76. The molecule has 8 rings (SSSR count). The third-order valence-electron chi connectivity index (χ3n) is 12.0. The highest BCUT2D eigenvalue weighted by molar-refractivity contribution is 5.96. The zero-order valence-corrected chi connectivity index (χ0v) is 33.8. The van der Waals surface area contributed by atoms with Crippen molar-refractivity contribution in [2.45, 2.75) is 96.8 Å². The van der Waals surface area contributed by atoms with Crippen LogP contribution in [-0.2, 0) is 32.3 Å². The third kappa shape index (κ3) is 7.17. The number of nitrogens with one attached hydrogen (secondary N) is 4. The number of hydrogen-bond donors (Lipinski definition) is 4. The third-order valence-corrected chi connectivity index (χ3v) is 12.0. The van der Waals surface area contributed by atoms with Gasteiger partial charge in [0.1, 0.15) is 48.5 Å². The van der Waals surface area contributed by atoms with Gasteiger partial charge in [0.15, 0.2) is 0 Å². The maximum Gasteiger partial charge on any atom is 0.407 e. The average Bonchev–Trinajstić information content (AvgIpc) is 4.06. The van der Waals surface area contributed by atoms with Crippen LogP contribution in [0, 0.1) is 11.8 Å². The van der Waals surface area contributed by atoms with E-state index >= 15 is 0 Å². The first-order valence-electron chi connectivity index (χ1n) is 20.2. The van der Waals surface area contributed by atoms with Gasteiger partial charge in [-0.15, -0.1) is 0 Å². The number of carbonyl (C=O) groups is 4. The number of carbonyl (C=O) groups excluding carboxylic acids is 4. The molecule has 6 heterocycles. The summed E-state index contributed by atoms with van der Waals surface area (Å²) >= 11 is 0. The maximum absolute atomic E-state index is 13.7. The summed E-state index contributed by atoms with van der Waals surface area (Å²) in [6.45, 7) is 10.0. The summed E-state index contributed by atoms with van der Waals surface area (Å²) in [7, 11) is 2.58. The molecule has 2 saturated heterocycles. The second kappa shape index (κ2) is 15.9. The van der Waals surface area contributed by atoms with Crippen molar-refractivity contribution >= 4 is 29.8 Å². The molecule has 4 N–H and O–H groups in total. The molecule has 5 atom stereocenters. The highest BCUT2D eigenvalue weighted by Gasteiger charge is 2.41. The van der Waals surface area contributed by atoms with E-state index in [-0.39, 0.29) is 41.8 Å². The van der Waals surface area contributed by atoms with Gasteiger partial charge in [0, 0.05) is 40.9 Å². The van der Waals surface area contributed by atoms with Gasteiger partial charge in [-0.2, -0.15) is 0 Å². The average molecular weight is 797 g/mol. The predicted octanol–water partition coefficient (Wildman–Crippen LogP) is 4.99. The lowest BCUT2D eigenvalue weighted by atomic mass is 9.87. The standard InChI is InChI=1S/C42H52N8O8/c1-21(2)35(47-41(53)55-5)39(51)49-11-7-9-29(49)37-43-17-27(45-37)23-13-25-19-58-32-16-24(14-26-20-57-31(15-23)33(25)34(26)32)28-18-44-38(46-28)30-10-8-12-50(30)40(52)36(22(3)4)48-42(54)56-6/h13-17,21-22,28-30,35-36H,7-12,18-20H2,1-6H3,(H,43,45)(H,44,46)(H,47,53)(H,48,54)/t28?,29-,30-,35-,36-/m0/s1. The molecule has 1 unspecified atom stereocenters. The first-order chi connectivity index (χ1) is 27.9. The number of aromatic nitrogens is 2. The van der Waals surface area contributed by atoms with Crippen LogP contribution in [0.3, 0.4) is 0 Å². The summed E-state index contributed by atoms with van der Waals surface area (Å²) in [4.78, 5) is 68.1. The molecule has 2 fully saturated rings. The van der Waals surface area contributed by atoms with Gasteiger partial charge in [-0.25, -0.2) is 14.6 Å². The number of alkyl carbamates (subject to hydrolysis) is 2. The lowest BCUT2D eigenvalue weighted by Crippen LogP contribution is -2.54. The van der Waals surface area contributed by atoms with Crippen LogP contribution in [0.1, 0.15) is 88.0 Å². The van der Waals surface area contributed by atoms with Gasteiger partial charge in [0.25, 0.3) is 0 Å². The van der Waals surface area contributed by atoms with Crippen molar-refractivity contribution < 1.29 is 38.1 Å². The van der Waals surface area contributed by atoms with Crippen molar-refractivity contribution in [1.82, 2.24) is 35.7 Å². The van der Waals surface area contributed by atoms with E-state index in [2.05, 4.69) is 39.1 Å². The van der Waals surface area contributed by atoms with Crippen LogP contribution in [0.4, 0.5) is 9.59 Å². The molecule has 3 aromatic rings. The van der Waals surface area contributed by atoms with Crippen LogP contribution in [0.2, 0.25) is 0 Å². The second-order valence-corrected chi connectivity index (χ2v) is 16.3. The van der Waals surface area contributed by atoms with E-state index in [0.717, 1.165) is 82.1 Å². The van der Waals surface area contributed by atoms with Crippen LogP contribution in [0.15, 0.2) is 35.5 Å². The molecule has 58 heavy (non-hydrogen) atoms. The van der Waals surface area contributed by atoms with Crippen molar-refractivity contribution in [3.63, 3.8) is 0 Å². The number of rotatable bonds is 10. The molecule has 0 spiro atoms. The molecule has 0 bridgehead atoms. The smallest absolute Gasteiger partial charge is 0.407 e. The van der Waals surface area contributed by atoms with Gasteiger partial charge in [-0.05, 0) is 67.3 Å². The van der Waals surface area contributed by atoms with E-state index in [0.29, 0.717) is 38.7 Å². The number of aliphatic imine (C=N–C) groups is 1. The van der Waals surface area contributed by atoms with Gasteiger partial charge >= 0.3 is 12.2 Å². The lowest BCUT2D eigenvalue weighted by molar-refractivity contribution is -0.135. The molecule has 0 radical (unpaired) electrons. The highest BCUT2D eigenvalue weighted by Crippen LogP contribution is 2.50. The van der Waals surface area contributed by atoms with E-state index in [9.17, 15) is 19.2 Å². The molecule has 5 aliphatic rings. The fourth-order valence-corrected chi connectivity index (χ4v) is 8.95. The predicted molar refractivity (Wildman–Crippen MR) is 213 cm³/mol. The van der Waals surface area contributed by atoms with Crippen LogP contribution >= 0.6 is 0 Å². The quantitative estimate of drug-likeness (QED) is 0.218. The molecular weight excluding hydrogens is 745 g/mol. The van der Waals surface area contributed by atoms with Crippen LogP contribution in [0.25, 0.3) is 22.4 Å². The Morgan fingerprint density at radius 1 is 0.793 bits per heavy atom. The van der Waals surface area contributed by atoms with E-state index in [4.69, 9.17) is 28.9 Å². The first-order valence-corrected chi connectivity index (χ1v) is 20.2. The molecule has 5 aliphatic heterocycles. The summed E-state index contributed by atoms with van der Waals surface area (Å²) in [5.41, 5.74) is 6.85. The fourth-order valence-electron chi connectivity index (χ4n) is 8.95. The van der Waals surface area contributed by atoms with Crippen molar-refractivity contribution in [3.05, 3.63) is 53.0 Å². The number of amidine groups is 1. The first kappa shape index (κ1) is 39.0. The normalized spacial score (nSPS) is 21.4. The Labute approximate surface area is 337 Å². The van der Waals surface area contributed by atoms with Crippen molar-refractivity contribution in [2.75, 3.05) is 33.9 Å². The summed E-state index contributed by atoms with van der Waals surface area (Å²) < 4.78 is 22.5. The monoisotopic (exact) mass is 796 g/mol. The number of nitrogens with zero attached hydrogens (tertiary/aromatic N) is 4. The molecular formula is C42H52N8O8. The van der Waals surface area contributed by atoms with Gasteiger partial charge < -0.3 is 49.7 Å². The molecule has 0 saturated carbocycles. The highest BCUT2D eigenvalue weighted by atomic mass is 16.5. The number of amides is 4. The van der Waals surface area contributed by atoms with Gasteiger partial charge in [0.05, 0.1) is 50.8 Å². The number of aromatic amines is 1. The Kier molecular flexibility index (Phi) is 10.7. The summed E-state index contributed by atoms with van der Waals surface area (Å²) in [6, 6.07) is 6.45. The molecule has 308 valence electrons. The second-order valence-electron chi connectivity index (χ2n) is 16.3. The van der Waals surface area contributed by atoms with E-state index in [1.54, 1.807) is 11.1 Å². The molecule has 2 aromatic carbocycles. The van der Waals surface area contributed by atoms with Crippen molar-refractivity contribution in [3.8, 4) is 33.9 Å². The number of likely N-dealkylation sites (tertiary alicyclic amines) is 2. The minimum absolute atomic E-state index is 0.0991. The van der Waals surface area contributed by atoms with E-state index in [1.165, 1.54) is 14.2 Å². The number of H-pyrrole nitrogens is 1. The Balaban J connectivity index is 0.980. The fraction of sp³-hybridized carbons (Fsp3) is 0.524.